The van der Waals surface area contributed by atoms with Gasteiger partial charge in [0.05, 0.1) is 29.1 Å². The highest BCUT2D eigenvalue weighted by Crippen LogP contribution is 2.38. The van der Waals surface area contributed by atoms with Crippen molar-refractivity contribution in [2.75, 3.05) is 18.5 Å². The Bertz CT molecular complexity index is 811. The molecule has 0 aromatic heterocycles. The fourth-order valence-electron chi connectivity index (χ4n) is 1.89. The van der Waals surface area contributed by atoms with Crippen molar-refractivity contribution in [3.63, 3.8) is 0 Å². The zero-order valence-corrected chi connectivity index (χ0v) is 19.3. The number of aliphatic hydroxyl groups is 1. The van der Waals surface area contributed by atoms with Gasteiger partial charge in [0.25, 0.3) is 5.69 Å². The number of anilines is 1. The molecular formula is C15H26BrN3O6SSi. The molecule has 0 saturated heterocycles. The molecule has 0 aliphatic rings. The molecule has 0 spiro atoms. The largest absolute Gasteiger partial charge is 0.415 e. The molecule has 1 atom stereocenters. The molecule has 0 aliphatic heterocycles. The first-order chi connectivity index (χ1) is 12.1. The van der Waals surface area contributed by atoms with Crippen molar-refractivity contribution in [3.8, 4) is 0 Å². The molecule has 0 bridgehead atoms. The summed E-state index contributed by atoms with van der Waals surface area (Å²) in [6, 6.07) is 1.44. The molecule has 27 heavy (non-hydrogen) atoms. The van der Waals surface area contributed by atoms with Gasteiger partial charge in [0.2, 0.25) is 10.0 Å². The third-order valence-corrected chi connectivity index (χ3v) is 10.6. The Morgan fingerprint density at radius 3 is 2.37 bits per heavy atom. The van der Waals surface area contributed by atoms with Gasteiger partial charge in [0, 0.05) is 10.5 Å². The molecule has 154 valence electrons. The average molecular weight is 484 g/mol. The monoisotopic (exact) mass is 483 g/mol. The van der Waals surface area contributed by atoms with Crippen LogP contribution in [0.3, 0.4) is 0 Å². The van der Waals surface area contributed by atoms with Gasteiger partial charge in [-0.1, -0.05) is 20.8 Å². The smallest absolute Gasteiger partial charge is 0.294 e. The van der Waals surface area contributed by atoms with E-state index >= 15 is 0 Å². The van der Waals surface area contributed by atoms with Gasteiger partial charge in [-0.2, -0.15) is 0 Å². The number of halogens is 1. The molecule has 1 aromatic carbocycles. The highest BCUT2D eigenvalue weighted by atomic mass is 79.9. The van der Waals surface area contributed by atoms with Gasteiger partial charge >= 0.3 is 0 Å². The SMILES string of the molecule is CC(C)(C)[Si](C)(C)OCC(CO)Nc1c(Br)cc(S(N)(=O)=O)cc1[N+](=O)[O-]. The van der Waals surface area contributed by atoms with E-state index in [0.717, 1.165) is 6.07 Å². The van der Waals surface area contributed by atoms with E-state index in [2.05, 4.69) is 55.1 Å². The van der Waals surface area contributed by atoms with E-state index in [-0.39, 0.29) is 33.3 Å². The Balaban J connectivity index is 3.16. The van der Waals surface area contributed by atoms with Crippen LogP contribution >= 0.6 is 15.9 Å². The van der Waals surface area contributed by atoms with E-state index in [9.17, 15) is 23.6 Å². The molecule has 1 aromatic rings. The van der Waals surface area contributed by atoms with Gasteiger partial charge in [-0.25, -0.2) is 13.6 Å². The molecule has 0 fully saturated rings. The number of nitro benzene ring substituents is 1. The Hall–Kier alpha value is -1.05. The lowest BCUT2D eigenvalue weighted by atomic mass is 10.2. The fourth-order valence-corrected chi connectivity index (χ4v) is 4.21. The lowest BCUT2D eigenvalue weighted by Crippen LogP contribution is -2.44. The van der Waals surface area contributed by atoms with Gasteiger partial charge in [0.1, 0.15) is 5.69 Å². The van der Waals surface area contributed by atoms with E-state index in [4.69, 9.17) is 9.56 Å². The summed E-state index contributed by atoms with van der Waals surface area (Å²) in [7, 11) is -6.19. The Labute approximate surface area is 168 Å². The number of nitrogens with one attached hydrogen (secondary N) is 1. The summed E-state index contributed by atoms with van der Waals surface area (Å²) in [4.78, 5) is 10.3. The lowest BCUT2D eigenvalue weighted by molar-refractivity contribution is -0.384. The molecule has 1 unspecified atom stereocenters. The van der Waals surface area contributed by atoms with Gasteiger partial charge in [-0.15, -0.1) is 0 Å². The summed E-state index contributed by atoms with van der Waals surface area (Å²) in [6.07, 6.45) is 0. The standard InChI is InChI=1S/C15H26BrN3O6SSi/c1-15(2,3)27(4,5)25-9-10(8-20)18-14-12(16)6-11(26(17,23)24)7-13(14)19(21)22/h6-7,10,18,20H,8-9H2,1-5H3,(H2,17,23,24). The first-order valence-corrected chi connectivity index (χ1v) is 13.4. The van der Waals surface area contributed by atoms with Gasteiger partial charge in [-0.05, 0) is 40.1 Å². The summed E-state index contributed by atoms with van der Waals surface area (Å²) in [5.74, 6) is 0. The highest BCUT2D eigenvalue weighted by molar-refractivity contribution is 9.10. The number of rotatable bonds is 8. The number of benzene rings is 1. The third-order valence-electron chi connectivity index (χ3n) is 4.59. The number of primary sulfonamides is 1. The number of nitro groups is 1. The van der Waals surface area contributed by atoms with Crippen molar-refractivity contribution in [2.45, 2.75) is 49.8 Å². The summed E-state index contributed by atoms with van der Waals surface area (Å²) in [5.41, 5.74) is -0.426. The van der Waals surface area contributed by atoms with Gasteiger partial charge in [-0.3, -0.25) is 10.1 Å². The Kier molecular flexibility index (Phi) is 7.58. The summed E-state index contributed by atoms with van der Waals surface area (Å²) in [5, 5.41) is 29.0. The van der Waals surface area contributed by atoms with Gasteiger partial charge < -0.3 is 14.8 Å². The maximum absolute atomic E-state index is 11.5. The predicted molar refractivity (Wildman–Crippen MR) is 110 cm³/mol. The van der Waals surface area contributed by atoms with E-state index in [0.29, 0.717) is 0 Å². The molecule has 0 heterocycles. The minimum atomic E-state index is -4.11. The van der Waals surface area contributed by atoms with Crippen molar-refractivity contribution in [3.05, 3.63) is 26.7 Å². The van der Waals surface area contributed by atoms with Crippen LogP contribution in [0.5, 0.6) is 0 Å². The number of hydrogen-bond donors (Lipinski definition) is 3. The van der Waals surface area contributed by atoms with Crippen LogP contribution in [0.2, 0.25) is 18.1 Å². The van der Waals surface area contributed by atoms with Crippen molar-refractivity contribution in [1.82, 2.24) is 0 Å². The molecule has 12 heteroatoms. The maximum Gasteiger partial charge on any atom is 0.294 e. The van der Waals surface area contributed by atoms with Crippen LogP contribution in [-0.2, 0) is 14.4 Å². The lowest BCUT2D eigenvalue weighted by Gasteiger charge is -2.37. The highest BCUT2D eigenvalue weighted by Gasteiger charge is 2.37. The molecule has 0 saturated carbocycles. The van der Waals surface area contributed by atoms with Crippen molar-refractivity contribution < 1.29 is 22.9 Å². The zero-order valence-electron chi connectivity index (χ0n) is 15.9. The number of sulfonamides is 1. The first kappa shape index (κ1) is 24.0. The van der Waals surface area contributed by atoms with Crippen LogP contribution in [0.4, 0.5) is 11.4 Å². The quantitative estimate of drug-likeness (QED) is 0.292. The van der Waals surface area contributed by atoms with E-state index in [1.165, 1.54) is 6.07 Å². The van der Waals surface area contributed by atoms with E-state index in [1.54, 1.807) is 0 Å². The number of hydrogen-bond acceptors (Lipinski definition) is 7. The number of aliphatic hydroxyl groups excluding tert-OH is 1. The van der Waals surface area contributed by atoms with Crippen LogP contribution in [0.1, 0.15) is 20.8 Å². The van der Waals surface area contributed by atoms with Crippen LogP contribution in [0.15, 0.2) is 21.5 Å². The van der Waals surface area contributed by atoms with Crippen molar-refractivity contribution in [1.29, 1.82) is 0 Å². The normalized spacial score (nSPS) is 14.1. The van der Waals surface area contributed by atoms with Crippen LogP contribution in [0.25, 0.3) is 0 Å². The minimum Gasteiger partial charge on any atom is -0.415 e. The second kappa shape index (κ2) is 8.53. The van der Waals surface area contributed by atoms with Gasteiger partial charge in [0.15, 0.2) is 8.32 Å². The average Bonchev–Trinajstić information content (AvgIpc) is 2.49. The summed E-state index contributed by atoms with van der Waals surface area (Å²) < 4.78 is 29.2. The van der Waals surface area contributed by atoms with E-state index < -0.39 is 35.0 Å². The maximum atomic E-state index is 11.5. The van der Waals surface area contributed by atoms with Crippen molar-refractivity contribution >= 4 is 45.6 Å². The van der Waals surface area contributed by atoms with Crippen LogP contribution in [-0.4, -0.2) is 46.0 Å². The third kappa shape index (κ3) is 6.22. The molecule has 0 radical (unpaired) electrons. The molecule has 9 nitrogen and oxygen atoms in total. The topological polar surface area (TPSA) is 145 Å². The van der Waals surface area contributed by atoms with Crippen LogP contribution < -0.4 is 10.5 Å². The molecule has 1 rings (SSSR count). The van der Waals surface area contributed by atoms with Crippen LogP contribution in [0, 0.1) is 10.1 Å². The molecule has 0 amide bonds. The number of nitrogens with zero attached hydrogens (tertiary/aromatic N) is 1. The molecule has 4 N–H and O–H groups in total. The fraction of sp³-hybridized carbons (Fsp3) is 0.600. The first-order valence-electron chi connectivity index (χ1n) is 8.12. The second-order valence-corrected chi connectivity index (χ2v) is 14.9. The molecule has 0 aliphatic carbocycles. The van der Waals surface area contributed by atoms with E-state index in [1.807, 2.05) is 0 Å². The zero-order chi connectivity index (χ0) is 21.2. The minimum absolute atomic E-state index is 0.0310. The molecular weight excluding hydrogens is 458 g/mol. The van der Waals surface area contributed by atoms with Crippen molar-refractivity contribution in [2.24, 2.45) is 5.14 Å². The number of nitrogens with two attached hydrogens (primary N) is 1. The summed E-state index contributed by atoms with van der Waals surface area (Å²) in [6.45, 7) is 10.2. The summed E-state index contributed by atoms with van der Waals surface area (Å²) >= 11 is 3.14. The Morgan fingerprint density at radius 2 is 1.96 bits per heavy atom. The predicted octanol–water partition coefficient (Wildman–Crippen LogP) is 2.80. The second-order valence-electron chi connectivity index (χ2n) is 7.70. The Morgan fingerprint density at radius 1 is 1.41 bits per heavy atom.